The van der Waals surface area contributed by atoms with Crippen LogP contribution in [0.2, 0.25) is 0 Å². The molecule has 0 spiro atoms. The minimum Gasteiger partial charge on any atom is -0.462 e. The minimum atomic E-state index is -4.39. The molecular weight excluding hydrogens is 978 g/mol. The molecule has 0 amide bonds. The number of hydrogen-bond acceptors (Lipinski definition) is 8. The maximum absolute atomic E-state index is 12.7. The summed E-state index contributed by atoms with van der Waals surface area (Å²) in [5, 5.41) is 0. The summed E-state index contributed by atoms with van der Waals surface area (Å²) in [5.41, 5.74) is 5.39. The van der Waals surface area contributed by atoms with Gasteiger partial charge in [-0.3, -0.25) is 18.6 Å². The second kappa shape index (κ2) is 62.6. The Balaban J connectivity index is 3.92. The molecule has 0 aliphatic rings. The summed E-state index contributed by atoms with van der Waals surface area (Å²) in [6.45, 7) is 3.67. The van der Waals surface area contributed by atoms with Crippen LogP contribution in [0.25, 0.3) is 0 Å². The summed E-state index contributed by atoms with van der Waals surface area (Å²) >= 11 is 0. The zero-order valence-corrected chi connectivity index (χ0v) is 51.1. The molecule has 10 heteroatoms. The number of nitrogens with two attached hydrogens (primary N) is 1. The Morgan fingerprint density at radius 2 is 0.714 bits per heavy atom. The maximum Gasteiger partial charge on any atom is 0.472 e. The van der Waals surface area contributed by atoms with Crippen molar-refractivity contribution < 1.29 is 37.6 Å². The number of esters is 2. The Bertz CT molecular complexity index is 1490. The van der Waals surface area contributed by atoms with Gasteiger partial charge in [0.05, 0.1) is 13.2 Å². The van der Waals surface area contributed by atoms with Gasteiger partial charge in [0.1, 0.15) is 6.61 Å². The molecule has 3 N–H and O–H groups in total. The number of unbranched alkanes of at least 4 members (excludes halogenated alkanes) is 36. The van der Waals surface area contributed by atoms with E-state index in [0.717, 1.165) is 83.5 Å². The van der Waals surface area contributed by atoms with Crippen LogP contribution in [0.15, 0.2) is 72.9 Å². The van der Waals surface area contributed by atoms with Crippen molar-refractivity contribution in [3.05, 3.63) is 72.9 Å². The smallest absolute Gasteiger partial charge is 0.462 e. The Morgan fingerprint density at radius 3 is 1.06 bits per heavy atom. The van der Waals surface area contributed by atoms with Crippen molar-refractivity contribution in [2.24, 2.45) is 5.73 Å². The fourth-order valence-corrected chi connectivity index (χ4v) is 10.1. The van der Waals surface area contributed by atoms with Crippen LogP contribution < -0.4 is 5.73 Å². The summed E-state index contributed by atoms with van der Waals surface area (Å²) in [6, 6.07) is 0. The van der Waals surface area contributed by atoms with Gasteiger partial charge >= 0.3 is 19.8 Å². The largest absolute Gasteiger partial charge is 0.472 e. The van der Waals surface area contributed by atoms with Gasteiger partial charge in [-0.25, -0.2) is 4.57 Å². The van der Waals surface area contributed by atoms with E-state index < -0.39 is 26.5 Å². The summed E-state index contributed by atoms with van der Waals surface area (Å²) in [4.78, 5) is 35.3. The summed E-state index contributed by atoms with van der Waals surface area (Å²) in [6.07, 6.45) is 81.2. The number of allylic oxidation sites excluding steroid dienone is 12. The lowest BCUT2D eigenvalue weighted by molar-refractivity contribution is -0.161. The quantitative estimate of drug-likeness (QED) is 0.0264. The number of rotatable bonds is 61. The molecule has 0 fully saturated rings. The van der Waals surface area contributed by atoms with Crippen molar-refractivity contribution in [2.45, 2.75) is 315 Å². The van der Waals surface area contributed by atoms with Crippen molar-refractivity contribution >= 4 is 19.8 Å². The molecule has 448 valence electrons. The number of phosphoric ester groups is 1. The van der Waals surface area contributed by atoms with E-state index >= 15 is 0 Å². The first-order valence-corrected chi connectivity index (χ1v) is 33.9. The molecule has 2 atom stereocenters. The highest BCUT2D eigenvalue weighted by molar-refractivity contribution is 7.47. The summed E-state index contributed by atoms with van der Waals surface area (Å²) in [5.74, 6) is -0.821. The van der Waals surface area contributed by atoms with Crippen LogP contribution in [-0.2, 0) is 32.7 Å². The molecule has 0 radical (unpaired) electrons. The van der Waals surface area contributed by atoms with Gasteiger partial charge in [-0.1, -0.05) is 305 Å². The van der Waals surface area contributed by atoms with E-state index in [1.807, 2.05) is 0 Å². The van der Waals surface area contributed by atoms with Crippen molar-refractivity contribution in [2.75, 3.05) is 26.4 Å². The fraction of sp³-hybridized carbons (Fsp3) is 0.791. The van der Waals surface area contributed by atoms with Gasteiger partial charge in [0.15, 0.2) is 6.10 Å². The molecular formula is C67H122NO8P. The third-order valence-corrected chi connectivity index (χ3v) is 15.1. The van der Waals surface area contributed by atoms with Crippen molar-refractivity contribution in [3.63, 3.8) is 0 Å². The molecule has 0 saturated heterocycles. The van der Waals surface area contributed by atoms with Crippen LogP contribution in [0.1, 0.15) is 309 Å². The molecule has 0 heterocycles. The average molecular weight is 1100 g/mol. The van der Waals surface area contributed by atoms with E-state index in [9.17, 15) is 19.0 Å². The third-order valence-electron chi connectivity index (χ3n) is 14.1. The van der Waals surface area contributed by atoms with Crippen LogP contribution in [0.4, 0.5) is 0 Å². The molecule has 2 unspecified atom stereocenters. The Morgan fingerprint density at radius 1 is 0.403 bits per heavy atom. The van der Waals surface area contributed by atoms with Crippen LogP contribution in [0.5, 0.6) is 0 Å². The van der Waals surface area contributed by atoms with E-state index in [2.05, 4.69) is 86.8 Å². The number of carbonyl (C=O) groups is 2. The van der Waals surface area contributed by atoms with Crippen molar-refractivity contribution in [1.29, 1.82) is 0 Å². The number of phosphoric acid groups is 1. The fourth-order valence-electron chi connectivity index (χ4n) is 9.35. The molecule has 0 aromatic heterocycles. The van der Waals surface area contributed by atoms with Gasteiger partial charge in [0, 0.05) is 19.4 Å². The topological polar surface area (TPSA) is 134 Å². The molecule has 77 heavy (non-hydrogen) atoms. The number of ether oxygens (including phenoxy) is 2. The van der Waals surface area contributed by atoms with Crippen molar-refractivity contribution in [3.8, 4) is 0 Å². The first kappa shape index (κ1) is 74.5. The van der Waals surface area contributed by atoms with Gasteiger partial charge in [-0.2, -0.15) is 0 Å². The van der Waals surface area contributed by atoms with Crippen LogP contribution in [0.3, 0.4) is 0 Å². The molecule has 0 saturated carbocycles. The predicted octanol–water partition coefficient (Wildman–Crippen LogP) is 20.9. The van der Waals surface area contributed by atoms with E-state index in [-0.39, 0.29) is 38.6 Å². The van der Waals surface area contributed by atoms with Crippen LogP contribution in [0, 0.1) is 0 Å². The van der Waals surface area contributed by atoms with Gasteiger partial charge in [-0.15, -0.1) is 0 Å². The SMILES string of the molecule is CC/C=C\C/C=C\C/C=C\C/C=C\C/C=C\C/C=C\CCCCCCCCCCCCC(=O)OC(COC(=O)CCCCCCCCCCCCCCCCCCCCCCCCCCCCC)COP(=O)(O)OCCN. The standard InChI is InChI=1S/C67H122NO8P/c1-3-5-7-9-11-13-15-17-19-21-23-25-27-29-31-32-34-36-38-40-42-44-46-48-50-52-54-56-58-60-67(70)76-65(64-75-77(71,72)74-62-61-68)63-73-66(69)59-57-55-53-51-49-47-45-43-41-39-37-35-33-30-28-26-24-22-20-18-16-14-12-10-8-6-4-2/h5,7,11,13,17,19,23,25,29,31,34,36,65H,3-4,6,8-10,12,14-16,18,20-22,24,26-28,30,32-33,35,37-64,68H2,1-2H3,(H,71,72)/b7-5-,13-11-,19-17-,25-23-,31-29-,36-34-. The van der Waals surface area contributed by atoms with Gasteiger partial charge in [0.25, 0.3) is 0 Å². The highest BCUT2D eigenvalue weighted by Crippen LogP contribution is 2.43. The minimum absolute atomic E-state index is 0.0515. The summed E-state index contributed by atoms with van der Waals surface area (Å²) in [7, 11) is -4.39. The highest BCUT2D eigenvalue weighted by atomic mass is 31.2. The van der Waals surface area contributed by atoms with Crippen LogP contribution >= 0.6 is 7.82 Å². The number of hydrogen-bond donors (Lipinski definition) is 2. The maximum atomic E-state index is 12.7. The Hall–Kier alpha value is -2.55. The second-order valence-electron chi connectivity index (χ2n) is 21.6. The van der Waals surface area contributed by atoms with E-state index in [4.69, 9.17) is 24.3 Å². The Kier molecular flexibility index (Phi) is 60.6. The third kappa shape index (κ3) is 62.5. The second-order valence-corrected chi connectivity index (χ2v) is 23.1. The summed E-state index contributed by atoms with van der Waals surface area (Å²) < 4.78 is 33.1. The van der Waals surface area contributed by atoms with Gasteiger partial charge in [0.2, 0.25) is 0 Å². The molecule has 0 aliphatic carbocycles. The lowest BCUT2D eigenvalue weighted by atomic mass is 10.0. The molecule has 0 rings (SSSR count). The normalized spacial score (nSPS) is 13.5. The van der Waals surface area contributed by atoms with Crippen molar-refractivity contribution in [1.82, 2.24) is 0 Å². The number of carbonyl (C=O) groups excluding carboxylic acids is 2. The molecule has 9 nitrogen and oxygen atoms in total. The monoisotopic (exact) mass is 1100 g/mol. The van der Waals surface area contributed by atoms with E-state index in [0.29, 0.717) is 6.42 Å². The van der Waals surface area contributed by atoms with Gasteiger partial charge < -0.3 is 20.1 Å². The molecule has 0 aliphatic heterocycles. The molecule has 0 aromatic carbocycles. The molecule has 0 bridgehead atoms. The van der Waals surface area contributed by atoms with E-state index in [1.165, 1.54) is 193 Å². The van der Waals surface area contributed by atoms with Crippen LogP contribution in [-0.4, -0.2) is 49.3 Å². The lowest BCUT2D eigenvalue weighted by Crippen LogP contribution is -2.29. The average Bonchev–Trinajstić information content (AvgIpc) is 3.42. The zero-order valence-electron chi connectivity index (χ0n) is 50.2. The first-order valence-electron chi connectivity index (χ1n) is 32.4. The van der Waals surface area contributed by atoms with E-state index in [1.54, 1.807) is 0 Å². The molecule has 0 aromatic rings. The lowest BCUT2D eigenvalue weighted by Gasteiger charge is -2.19. The highest BCUT2D eigenvalue weighted by Gasteiger charge is 2.26. The van der Waals surface area contributed by atoms with Gasteiger partial charge in [-0.05, 0) is 64.2 Å². The predicted molar refractivity (Wildman–Crippen MR) is 330 cm³/mol. The first-order chi connectivity index (χ1) is 37.8. The Labute approximate surface area is 475 Å². The zero-order chi connectivity index (χ0) is 55.9.